The number of fused-ring (bicyclic) bond motifs is 1. The van der Waals surface area contributed by atoms with Crippen LogP contribution in [0.4, 0.5) is 0 Å². The zero-order valence-electron chi connectivity index (χ0n) is 8.29. The normalized spacial score (nSPS) is 17.6. The molecule has 2 rings (SSSR count). The fourth-order valence-electron chi connectivity index (χ4n) is 2.07. The number of aryl methyl sites for hydroxylation is 1. The van der Waals surface area contributed by atoms with Crippen molar-refractivity contribution in [1.82, 2.24) is 4.57 Å². The highest BCUT2D eigenvalue weighted by atomic mass is 16.3. The summed E-state index contributed by atoms with van der Waals surface area (Å²) in [5.74, 6) is 0. The third kappa shape index (κ3) is 1.46. The zero-order chi connectivity index (χ0) is 10.1. The van der Waals surface area contributed by atoms with E-state index < -0.39 is 6.23 Å². The number of aromatic amines is 1. The van der Waals surface area contributed by atoms with Gasteiger partial charge in [0.15, 0.2) is 5.69 Å². The van der Waals surface area contributed by atoms with E-state index in [0.717, 1.165) is 37.1 Å². The topological polar surface area (TPSA) is 56.4 Å². The molecule has 0 fully saturated rings. The van der Waals surface area contributed by atoms with E-state index in [1.165, 1.54) is 10.8 Å². The summed E-state index contributed by atoms with van der Waals surface area (Å²) in [7, 11) is 0. The Morgan fingerprint density at radius 2 is 2.21 bits per heavy atom. The van der Waals surface area contributed by atoms with Crippen molar-refractivity contribution >= 4 is 0 Å². The van der Waals surface area contributed by atoms with Gasteiger partial charge in [-0.15, -0.1) is 0 Å². The molecule has 1 aliphatic carbocycles. The molecule has 76 valence electrons. The molecule has 1 heterocycles. The number of rotatable bonds is 1. The van der Waals surface area contributed by atoms with E-state index in [1.54, 1.807) is 6.92 Å². The zero-order valence-corrected chi connectivity index (χ0v) is 8.29. The van der Waals surface area contributed by atoms with Crippen molar-refractivity contribution in [1.29, 1.82) is 0 Å². The van der Waals surface area contributed by atoms with Crippen LogP contribution >= 0.6 is 0 Å². The highest BCUT2D eigenvalue weighted by Gasteiger charge is 2.21. The number of hydrogen-bond donors (Lipinski definition) is 1. The van der Waals surface area contributed by atoms with Gasteiger partial charge in [0.2, 0.25) is 6.20 Å². The highest BCUT2D eigenvalue weighted by Crippen LogP contribution is 2.17. The molecule has 0 saturated heterocycles. The molecule has 0 amide bonds. The third-order valence-corrected chi connectivity index (χ3v) is 2.71. The van der Waals surface area contributed by atoms with Crippen LogP contribution in [0.1, 0.15) is 37.4 Å². The molecule has 1 unspecified atom stereocenters. The molecule has 1 aliphatic rings. The van der Waals surface area contributed by atoms with Gasteiger partial charge in [0.1, 0.15) is 6.23 Å². The maximum Gasteiger partial charge on any atom is 0.317 e. The molecule has 1 atom stereocenters. The lowest BCUT2D eigenvalue weighted by molar-refractivity contribution is -0.395. The van der Waals surface area contributed by atoms with Crippen molar-refractivity contribution < 1.29 is 10.1 Å². The van der Waals surface area contributed by atoms with Gasteiger partial charge < -0.3 is 5.11 Å². The van der Waals surface area contributed by atoms with Gasteiger partial charge in [0.25, 0.3) is 0 Å². The van der Waals surface area contributed by atoms with E-state index in [1.807, 2.05) is 0 Å². The van der Waals surface area contributed by atoms with Gasteiger partial charge in [-0.05, 0) is 26.2 Å². The molecule has 14 heavy (non-hydrogen) atoms. The maximum absolute atomic E-state index is 11.5. The molecule has 1 aromatic heterocycles. The Hall–Kier alpha value is -1.16. The number of nitrogens with zero attached hydrogens (tertiary/aromatic N) is 1. The molecule has 4 nitrogen and oxygen atoms in total. The molecule has 0 radical (unpaired) electrons. The standard InChI is InChI=1S/C10H14N2O2/c1-7(13)12-9-5-3-2-4-8(9)11-6-10(12)14/h6-7,13H,2-5H2,1H3/p+1. The molecule has 2 N–H and O–H groups in total. The summed E-state index contributed by atoms with van der Waals surface area (Å²) >= 11 is 0. The summed E-state index contributed by atoms with van der Waals surface area (Å²) in [6.45, 7) is 1.62. The Morgan fingerprint density at radius 3 is 2.93 bits per heavy atom. The second-order valence-electron chi connectivity index (χ2n) is 3.76. The highest BCUT2D eigenvalue weighted by molar-refractivity contribution is 5.11. The molecule has 1 aromatic rings. The summed E-state index contributed by atoms with van der Waals surface area (Å²) in [5, 5.41) is 9.51. The van der Waals surface area contributed by atoms with Gasteiger partial charge >= 0.3 is 5.56 Å². The number of aliphatic hydroxyl groups excluding tert-OH is 1. The number of nitrogens with one attached hydrogen (secondary N) is 1. The third-order valence-electron chi connectivity index (χ3n) is 2.71. The van der Waals surface area contributed by atoms with Crippen LogP contribution in [0.5, 0.6) is 0 Å². The summed E-state index contributed by atoms with van der Waals surface area (Å²) in [6, 6.07) is 0. The Morgan fingerprint density at radius 1 is 1.50 bits per heavy atom. The number of H-pyrrole nitrogens is 1. The molecular weight excluding hydrogens is 180 g/mol. The minimum atomic E-state index is -0.732. The molecule has 0 aliphatic heterocycles. The van der Waals surface area contributed by atoms with E-state index in [0.29, 0.717) is 0 Å². The lowest BCUT2D eigenvalue weighted by Crippen LogP contribution is -2.35. The molecular formula is C10H15N2O2+. The first-order valence-electron chi connectivity index (χ1n) is 5.03. The van der Waals surface area contributed by atoms with Crippen LogP contribution in [0.15, 0.2) is 11.0 Å². The van der Waals surface area contributed by atoms with E-state index in [2.05, 4.69) is 4.98 Å². The lowest BCUT2D eigenvalue weighted by atomic mass is 10.00. The monoisotopic (exact) mass is 195 g/mol. The second kappa shape index (κ2) is 3.53. The SMILES string of the molecule is CC(O)n1c2c([nH+]cc1=O)CCCC2. The van der Waals surface area contributed by atoms with Gasteiger partial charge in [0, 0.05) is 6.42 Å². The smallest absolute Gasteiger partial charge is 0.317 e. The molecule has 0 bridgehead atoms. The van der Waals surface area contributed by atoms with Crippen LogP contribution in [0.3, 0.4) is 0 Å². The van der Waals surface area contributed by atoms with Crippen LogP contribution in [0, 0.1) is 0 Å². The van der Waals surface area contributed by atoms with Crippen molar-refractivity contribution in [3.63, 3.8) is 0 Å². The molecule has 0 spiro atoms. The lowest BCUT2D eigenvalue weighted by Gasteiger charge is -2.17. The van der Waals surface area contributed by atoms with E-state index in [-0.39, 0.29) is 5.56 Å². The van der Waals surface area contributed by atoms with Crippen molar-refractivity contribution in [3.8, 4) is 0 Å². The Labute approximate surface area is 82.2 Å². The number of aromatic nitrogens is 2. The van der Waals surface area contributed by atoms with Gasteiger partial charge in [-0.2, -0.15) is 0 Å². The predicted molar refractivity (Wildman–Crippen MR) is 50.8 cm³/mol. The van der Waals surface area contributed by atoms with Crippen molar-refractivity contribution in [2.75, 3.05) is 0 Å². The van der Waals surface area contributed by atoms with Gasteiger partial charge in [-0.25, -0.2) is 4.98 Å². The van der Waals surface area contributed by atoms with E-state index in [9.17, 15) is 9.90 Å². The first-order chi connectivity index (χ1) is 6.70. The van der Waals surface area contributed by atoms with Crippen molar-refractivity contribution in [2.45, 2.75) is 38.8 Å². The Balaban J connectivity index is 2.61. The predicted octanol–water partition coefficient (Wildman–Crippen LogP) is 0.0520. The summed E-state index contributed by atoms with van der Waals surface area (Å²) in [5.41, 5.74) is 1.91. The average molecular weight is 195 g/mol. The van der Waals surface area contributed by atoms with Crippen LogP contribution in [-0.2, 0) is 12.8 Å². The maximum atomic E-state index is 11.5. The van der Waals surface area contributed by atoms with Crippen LogP contribution in [0.2, 0.25) is 0 Å². The minimum Gasteiger partial charge on any atom is -0.373 e. The van der Waals surface area contributed by atoms with Crippen molar-refractivity contribution in [3.05, 3.63) is 27.9 Å². The van der Waals surface area contributed by atoms with E-state index in [4.69, 9.17) is 0 Å². The first-order valence-corrected chi connectivity index (χ1v) is 5.03. The fourth-order valence-corrected chi connectivity index (χ4v) is 2.07. The molecule has 0 aromatic carbocycles. The molecule has 0 saturated carbocycles. The Kier molecular flexibility index (Phi) is 2.37. The van der Waals surface area contributed by atoms with Crippen LogP contribution in [0.25, 0.3) is 0 Å². The average Bonchev–Trinajstić information content (AvgIpc) is 2.17. The van der Waals surface area contributed by atoms with Crippen LogP contribution in [-0.4, -0.2) is 9.67 Å². The number of aliphatic hydroxyl groups is 1. The fraction of sp³-hybridized carbons (Fsp3) is 0.600. The largest absolute Gasteiger partial charge is 0.373 e. The van der Waals surface area contributed by atoms with Crippen LogP contribution < -0.4 is 10.5 Å². The van der Waals surface area contributed by atoms with Gasteiger partial charge in [-0.1, -0.05) is 0 Å². The second-order valence-corrected chi connectivity index (χ2v) is 3.76. The van der Waals surface area contributed by atoms with E-state index >= 15 is 0 Å². The molecule has 4 heteroatoms. The minimum absolute atomic E-state index is 0.152. The summed E-state index contributed by atoms with van der Waals surface area (Å²) in [6.07, 6.45) is 4.80. The Bertz CT molecular complexity index is 396. The van der Waals surface area contributed by atoms with Gasteiger partial charge in [0.05, 0.1) is 5.69 Å². The quantitative estimate of drug-likeness (QED) is 0.688. The first kappa shape index (κ1) is 9.40. The van der Waals surface area contributed by atoms with Gasteiger partial charge in [-0.3, -0.25) is 9.36 Å². The number of hydrogen-bond acceptors (Lipinski definition) is 2. The van der Waals surface area contributed by atoms with Crippen molar-refractivity contribution in [2.24, 2.45) is 0 Å². The summed E-state index contributed by atoms with van der Waals surface area (Å²) in [4.78, 5) is 14.5. The summed E-state index contributed by atoms with van der Waals surface area (Å²) < 4.78 is 1.48.